The van der Waals surface area contributed by atoms with Crippen molar-refractivity contribution in [3.63, 3.8) is 0 Å². The number of likely N-dealkylation sites (N-methyl/N-ethyl adjacent to an activating group) is 1. The number of carbonyl (C=O) groups excluding carboxylic acids is 1. The number of amides is 1. The monoisotopic (exact) mass is 655 g/mol. The molecule has 242 valence electrons. The number of benzene rings is 1. The van der Waals surface area contributed by atoms with Gasteiger partial charge in [0.05, 0.1) is 27.2 Å². The summed E-state index contributed by atoms with van der Waals surface area (Å²) in [7, 11) is -0.182. The molecule has 46 heavy (non-hydrogen) atoms. The number of rotatable bonds is 7. The molecule has 1 amide bonds. The van der Waals surface area contributed by atoms with Crippen LogP contribution in [-0.2, 0) is 14.6 Å². The second kappa shape index (κ2) is 12.6. The highest BCUT2D eigenvalue weighted by Crippen LogP contribution is 2.34. The van der Waals surface area contributed by atoms with Crippen LogP contribution in [0.25, 0.3) is 28.0 Å². The quantitative estimate of drug-likeness (QED) is 0.277. The van der Waals surface area contributed by atoms with E-state index in [2.05, 4.69) is 15.0 Å². The van der Waals surface area contributed by atoms with Gasteiger partial charge >= 0.3 is 5.69 Å². The highest BCUT2D eigenvalue weighted by Gasteiger charge is 2.31. The van der Waals surface area contributed by atoms with Gasteiger partial charge in [0, 0.05) is 50.7 Å². The molecule has 0 unspecified atom stereocenters. The zero-order chi connectivity index (χ0) is 33.5. The maximum atomic E-state index is 15.8. The Morgan fingerprint density at radius 1 is 1.09 bits per heavy atom. The summed E-state index contributed by atoms with van der Waals surface area (Å²) in [5.74, 6) is -3.43. The summed E-state index contributed by atoms with van der Waals surface area (Å²) in [6.45, 7) is 4.60. The Bertz CT molecular complexity index is 2030. The molecular weight excluding hydrogens is 623 g/mol. The van der Waals surface area contributed by atoms with Gasteiger partial charge in [0.2, 0.25) is 5.91 Å². The molecule has 15 heteroatoms. The van der Waals surface area contributed by atoms with Crippen LogP contribution in [0, 0.1) is 24.4 Å². The number of halogens is 3. The summed E-state index contributed by atoms with van der Waals surface area (Å²) in [4.78, 5) is 44.4. The van der Waals surface area contributed by atoms with Gasteiger partial charge in [-0.3, -0.25) is 9.78 Å². The van der Waals surface area contributed by atoms with E-state index in [4.69, 9.17) is 0 Å². The number of aromatic nitrogens is 4. The summed E-state index contributed by atoms with van der Waals surface area (Å²) in [5.41, 5.74) is -2.79. The van der Waals surface area contributed by atoms with Gasteiger partial charge in [0.15, 0.2) is 21.3 Å². The third-order valence-corrected chi connectivity index (χ3v) is 8.76. The molecule has 1 fully saturated rings. The molecule has 3 aromatic heterocycles. The molecule has 5 rings (SSSR count). The van der Waals surface area contributed by atoms with Crippen molar-refractivity contribution in [2.24, 2.45) is 0 Å². The lowest BCUT2D eigenvalue weighted by molar-refractivity contribution is -0.126. The fraction of sp³-hybridized carbons (Fsp3) is 0.323. The fourth-order valence-corrected chi connectivity index (χ4v) is 6.37. The minimum atomic E-state index is -3.94. The second-order valence-electron chi connectivity index (χ2n) is 11.3. The highest BCUT2D eigenvalue weighted by molar-refractivity contribution is 7.90. The summed E-state index contributed by atoms with van der Waals surface area (Å²) < 4.78 is 72.1. The van der Waals surface area contributed by atoms with Crippen molar-refractivity contribution in [2.75, 3.05) is 51.4 Å². The number of pyridine rings is 2. The van der Waals surface area contributed by atoms with Crippen molar-refractivity contribution in [3.05, 3.63) is 82.3 Å². The van der Waals surface area contributed by atoms with E-state index in [-0.39, 0.29) is 58.7 Å². The van der Waals surface area contributed by atoms with Gasteiger partial charge in [0.1, 0.15) is 23.1 Å². The Balaban J connectivity index is 1.73. The molecule has 1 aromatic carbocycles. The van der Waals surface area contributed by atoms with Crippen LogP contribution in [-0.4, -0.2) is 96.2 Å². The van der Waals surface area contributed by atoms with Crippen LogP contribution in [0.5, 0.6) is 0 Å². The molecular formula is C31H32F3N7O4S. The van der Waals surface area contributed by atoms with Crippen LogP contribution in [0.2, 0.25) is 0 Å². The van der Waals surface area contributed by atoms with Crippen molar-refractivity contribution < 1.29 is 26.4 Å². The molecule has 11 nitrogen and oxygen atoms in total. The van der Waals surface area contributed by atoms with Crippen molar-refractivity contribution in [1.82, 2.24) is 29.3 Å². The largest absolute Gasteiger partial charge is 0.355 e. The van der Waals surface area contributed by atoms with E-state index in [0.29, 0.717) is 6.54 Å². The molecule has 1 aliphatic heterocycles. The zero-order valence-electron chi connectivity index (χ0n) is 25.8. The Morgan fingerprint density at radius 2 is 1.78 bits per heavy atom. The molecule has 1 atom stereocenters. The highest BCUT2D eigenvalue weighted by atomic mass is 32.2. The minimum Gasteiger partial charge on any atom is -0.350 e. The molecule has 0 spiro atoms. The smallest absolute Gasteiger partial charge is 0.350 e. The van der Waals surface area contributed by atoms with Crippen LogP contribution in [0.4, 0.5) is 19.0 Å². The molecule has 0 N–H and O–H groups in total. The van der Waals surface area contributed by atoms with Crippen LogP contribution in [0.15, 0.2) is 58.4 Å². The summed E-state index contributed by atoms with van der Waals surface area (Å²) in [6.07, 6.45) is 5.46. The van der Waals surface area contributed by atoms with E-state index in [1.807, 2.05) is 25.9 Å². The van der Waals surface area contributed by atoms with Crippen LogP contribution in [0.3, 0.4) is 0 Å². The fourth-order valence-electron chi connectivity index (χ4n) is 5.47. The Kier molecular flexibility index (Phi) is 9.00. The number of piperazine rings is 1. The van der Waals surface area contributed by atoms with Crippen molar-refractivity contribution in [1.29, 1.82) is 0 Å². The van der Waals surface area contributed by atoms with Gasteiger partial charge in [-0.25, -0.2) is 35.9 Å². The number of fused-ring (bicyclic) bond motifs is 1. The summed E-state index contributed by atoms with van der Waals surface area (Å²) >= 11 is 0. The minimum absolute atomic E-state index is 0.0159. The third kappa shape index (κ3) is 6.24. The number of hydrogen-bond acceptors (Lipinski definition) is 9. The number of aryl methyl sites for hydroxylation is 1. The van der Waals surface area contributed by atoms with Crippen LogP contribution >= 0.6 is 0 Å². The van der Waals surface area contributed by atoms with Crippen LogP contribution in [0.1, 0.15) is 12.6 Å². The van der Waals surface area contributed by atoms with E-state index in [1.54, 1.807) is 15.9 Å². The van der Waals surface area contributed by atoms with E-state index < -0.39 is 50.3 Å². The molecule has 1 aliphatic rings. The average molecular weight is 656 g/mol. The van der Waals surface area contributed by atoms with Crippen molar-refractivity contribution in [3.8, 4) is 16.9 Å². The second-order valence-corrected chi connectivity index (χ2v) is 13.3. The standard InChI is InChI=1S/C31H32F3N7O4S/c1-18-17-39(25(42)10-7-13-38(3)4)14-15-40(18)29-20-16-23(34)27(26-21(32)8-6-9-22(26)33)36-30(20)41(31(43)37-29)28-19(2)35-12-11-24(28)46(5,44)45/h6-12,16,18H,13-15,17H2,1-5H3/b10-7+/t18-/m0/s1. The first kappa shape index (κ1) is 32.8. The summed E-state index contributed by atoms with van der Waals surface area (Å²) in [5, 5.41) is -0.0159. The number of carbonyl (C=O) groups is 1. The lowest BCUT2D eigenvalue weighted by Gasteiger charge is -2.40. The number of hydrogen-bond donors (Lipinski definition) is 0. The van der Waals surface area contributed by atoms with Gasteiger partial charge in [-0.15, -0.1) is 0 Å². The predicted octanol–water partition coefficient (Wildman–Crippen LogP) is 3.13. The first-order valence-electron chi connectivity index (χ1n) is 14.3. The van der Waals surface area contributed by atoms with E-state index >= 15 is 4.39 Å². The van der Waals surface area contributed by atoms with Gasteiger partial charge in [-0.2, -0.15) is 4.98 Å². The van der Waals surface area contributed by atoms with Crippen LogP contribution < -0.4 is 10.6 Å². The maximum Gasteiger partial charge on any atom is 0.355 e. The SMILES string of the molecule is Cc1nccc(S(C)(=O)=O)c1-n1c(=O)nc(N2CCN(C(=O)/C=C/CN(C)C)C[C@@H]2C)c2cc(F)c(-c3c(F)cccc3F)nc21. The predicted molar refractivity (Wildman–Crippen MR) is 167 cm³/mol. The Morgan fingerprint density at radius 3 is 2.41 bits per heavy atom. The first-order valence-corrected chi connectivity index (χ1v) is 16.2. The first-order chi connectivity index (χ1) is 21.7. The maximum absolute atomic E-state index is 15.8. The number of sulfone groups is 1. The Labute approximate surface area is 263 Å². The van der Waals surface area contributed by atoms with E-state index in [0.717, 1.165) is 35.1 Å². The molecule has 1 saturated heterocycles. The normalized spacial score (nSPS) is 15.8. The van der Waals surface area contributed by atoms with Gasteiger partial charge in [-0.05, 0) is 52.2 Å². The molecule has 4 aromatic rings. The van der Waals surface area contributed by atoms with Gasteiger partial charge in [0.25, 0.3) is 0 Å². The van der Waals surface area contributed by atoms with E-state index in [9.17, 15) is 26.8 Å². The molecule has 0 radical (unpaired) electrons. The average Bonchev–Trinajstić information content (AvgIpc) is 2.97. The van der Waals surface area contributed by atoms with E-state index in [1.165, 1.54) is 25.3 Å². The molecule has 0 bridgehead atoms. The third-order valence-electron chi connectivity index (χ3n) is 7.64. The molecule has 0 aliphatic carbocycles. The zero-order valence-corrected chi connectivity index (χ0v) is 26.6. The topological polar surface area (TPSA) is 122 Å². The number of nitrogens with zero attached hydrogens (tertiary/aromatic N) is 7. The molecule has 4 heterocycles. The molecule has 0 saturated carbocycles. The van der Waals surface area contributed by atoms with Crippen molar-refractivity contribution >= 4 is 32.6 Å². The summed E-state index contributed by atoms with van der Waals surface area (Å²) in [6, 6.07) is 4.79. The number of anilines is 1. The Hall–Kier alpha value is -4.63. The lowest BCUT2D eigenvalue weighted by Crippen LogP contribution is -2.54. The lowest BCUT2D eigenvalue weighted by atomic mass is 10.1. The van der Waals surface area contributed by atoms with Gasteiger partial charge in [-0.1, -0.05) is 12.1 Å². The van der Waals surface area contributed by atoms with Crippen molar-refractivity contribution in [2.45, 2.75) is 24.8 Å². The van der Waals surface area contributed by atoms with Gasteiger partial charge < -0.3 is 14.7 Å².